The van der Waals surface area contributed by atoms with E-state index < -0.39 is 29.5 Å². The Morgan fingerprint density at radius 3 is 2.52 bits per heavy atom. The van der Waals surface area contributed by atoms with E-state index in [1.807, 2.05) is 12.1 Å². The fourth-order valence-electron chi connectivity index (χ4n) is 2.89. The minimum atomic E-state index is -1.11. The number of rotatable bonds is 2. The normalized spacial score (nSPS) is 16.8. The molecular formula is C17H14F2N2O2. The van der Waals surface area contributed by atoms with E-state index in [4.69, 9.17) is 5.73 Å². The summed E-state index contributed by atoms with van der Waals surface area (Å²) in [7, 11) is 0. The highest BCUT2D eigenvalue weighted by Crippen LogP contribution is 2.30. The fourth-order valence-corrected chi connectivity index (χ4v) is 2.89. The summed E-state index contributed by atoms with van der Waals surface area (Å²) < 4.78 is 26.4. The van der Waals surface area contributed by atoms with Gasteiger partial charge in [0.1, 0.15) is 6.04 Å². The molecule has 1 aliphatic heterocycles. The maximum absolute atomic E-state index is 13.4. The van der Waals surface area contributed by atoms with Gasteiger partial charge in [0.2, 0.25) is 5.91 Å². The van der Waals surface area contributed by atoms with Gasteiger partial charge in [0.15, 0.2) is 11.6 Å². The van der Waals surface area contributed by atoms with Crippen LogP contribution >= 0.6 is 0 Å². The van der Waals surface area contributed by atoms with Crippen LogP contribution in [0, 0.1) is 11.6 Å². The zero-order valence-electron chi connectivity index (χ0n) is 12.1. The van der Waals surface area contributed by atoms with Crippen LogP contribution in [0.3, 0.4) is 0 Å². The maximum Gasteiger partial charge on any atom is 0.254 e. The molecule has 0 aliphatic carbocycles. The molecular weight excluding hydrogens is 302 g/mol. The van der Waals surface area contributed by atoms with Crippen LogP contribution in [0.15, 0.2) is 42.5 Å². The number of carbonyl (C=O) groups is 2. The first-order valence-corrected chi connectivity index (χ1v) is 7.12. The number of carbonyl (C=O) groups excluding carboxylic acids is 2. The van der Waals surface area contributed by atoms with Crippen molar-refractivity contribution in [2.75, 3.05) is 6.54 Å². The monoisotopic (exact) mass is 316 g/mol. The van der Waals surface area contributed by atoms with Crippen molar-refractivity contribution in [2.45, 2.75) is 12.5 Å². The highest BCUT2D eigenvalue weighted by Gasteiger charge is 2.35. The van der Waals surface area contributed by atoms with Gasteiger partial charge >= 0.3 is 0 Å². The van der Waals surface area contributed by atoms with Gasteiger partial charge in [0.25, 0.3) is 5.91 Å². The Morgan fingerprint density at radius 1 is 1.09 bits per heavy atom. The third-order valence-electron chi connectivity index (χ3n) is 3.98. The molecule has 0 aromatic heterocycles. The number of benzene rings is 2. The molecule has 2 aromatic carbocycles. The van der Waals surface area contributed by atoms with E-state index in [1.54, 1.807) is 12.1 Å². The molecule has 0 saturated heterocycles. The van der Waals surface area contributed by atoms with Crippen molar-refractivity contribution in [3.63, 3.8) is 0 Å². The minimum absolute atomic E-state index is 0.0190. The smallest absolute Gasteiger partial charge is 0.254 e. The molecule has 23 heavy (non-hydrogen) atoms. The maximum atomic E-state index is 13.4. The van der Waals surface area contributed by atoms with Crippen molar-refractivity contribution in [2.24, 2.45) is 5.73 Å². The predicted molar refractivity (Wildman–Crippen MR) is 79.5 cm³/mol. The molecule has 0 radical (unpaired) electrons. The number of halogens is 2. The molecule has 1 heterocycles. The van der Waals surface area contributed by atoms with Crippen molar-refractivity contribution in [1.82, 2.24) is 4.90 Å². The highest BCUT2D eigenvalue weighted by molar-refractivity contribution is 5.98. The second kappa shape index (κ2) is 5.79. The molecule has 0 saturated carbocycles. The van der Waals surface area contributed by atoms with Gasteiger partial charge in [-0.3, -0.25) is 9.59 Å². The van der Waals surface area contributed by atoms with Crippen LogP contribution in [-0.4, -0.2) is 23.3 Å². The van der Waals surface area contributed by atoms with E-state index >= 15 is 0 Å². The second-order valence-corrected chi connectivity index (χ2v) is 5.38. The molecule has 2 amide bonds. The number of primary amides is 1. The molecule has 3 rings (SSSR count). The van der Waals surface area contributed by atoms with Gasteiger partial charge in [0, 0.05) is 12.1 Å². The number of nitrogens with zero attached hydrogens (tertiary/aromatic N) is 1. The average Bonchev–Trinajstić information content (AvgIpc) is 2.55. The summed E-state index contributed by atoms with van der Waals surface area (Å²) in [5, 5.41) is 0. The molecule has 0 unspecified atom stereocenters. The summed E-state index contributed by atoms with van der Waals surface area (Å²) in [6.45, 7) is 0.280. The molecule has 0 spiro atoms. The number of hydrogen-bond acceptors (Lipinski definition) is 2. The largest absolute Gasteiger partial charge is 0.368 e. The van der Waals surface area contributed by atoms with Gasteiger partial charge < -0.3 is 10.6 Å². The van der Waals surface area contributed by atoms with Crippen molar-refractivity contribution in [3.8, 4) is 0 Å². The van der Waals surface area contributed by atoms with Gasteiger partial charge in [-0.25, -0.2) is 8.78 Å². The summed E-state index contributed by atoms with van der Waals surface area (Å²) >= 11 is 0. The molecule has 4 nitrogen and oxygen atoms in total. The Bertz CT molecular complexity index is 792. The first-order valence-electron chi connectivity index (χ1n) is 7.12. The number of fused-ring (bicyclic) bond motifs is 1. The van der Waals surface area contributed by atoms with E-state index in [9.17, 15) is 18.4 Å². The molecule has 2 aromatic rings. The molecule has 2 N–H and O–H groups in total. The zero-order valence-corrected chi connectivity index (χ0v) is 12.1. The van der Waals surface area contributed by atoms with Crippen LogP contribution in [-0.2, 0) is 11.2 Å². The standard InChI is InChI=1S/C17H14F2N2O2/c18-13-6-5-11(9-14(13)19)17(23)21-8-7-10-3-1-2-4-12(10)15(21)16(20)22/h1-6,9,15H,7-8H2,(H2,20,22)/t15-/m0/s1. The summed E-state index contributed by atoms with van der Waals surface area (Å²) in [5.74, 6) is -3.35. The molecule has 6 heteroatoms. The molecule has 0 bridgehead atoms. The van der Waals surface area contributed by atoms with Gasteiger partial charge in [-0.2, -0.15) is 0 Å². The topological polar surface area (TPSA) is 63.4 Å². The molecule has 1 aliphatic rings. The van der Waals surface area contributed by atoms with Gasteiger partial charge in [-0.1, -0.05) is 24.3 Å². The lowest BCUT2D eigenvalue weighted by atomic mass is 9.91. The Morgan fingerprint density at radius 2 is 1.83 bits per heavy atom. The molecule has 0 fully saturated rings. The molecule has 1 atom stereocenters. The number of hydrogen-bond donors (Lipinski definition) is 1. The number of amides is 2. The van der Waals surface area contributed by atoms with Gasteiger partial charge in [-0.15, -0.1) is 0 Å². The van der Waals surface area contributed by atoms with Crippen molar-refractivity contribution in [3.05, 3.63) is 70.8 Å². The Balaban J connectivity index is 2.00. The van der Waals surface area contributed by atoms with Crippen molar-refractivity contribution >= 4 is 11.8 Å². The average molecular weight is 316 g/mol. The Kier molecular flexibility index (Phi) is 3.82. The summed E-state index contributed by atoms with van der Waals surface area (Å²) in [4.78, 5) is 25.8. The summed E-state index contributed by atoms with van der Waals surface area (Å²) in [6, 6.07) is 9.24. The van der Waals surface area contributed by atoms with E-state index in [1.165, 1.54) is 11.0 Å². The zero-order chi connectivity index (χ0) is 16.6. The lowest BCUT2D eigenvalue weighted by Crippen LogP contribution is -2.45. The van der Waals surface area contributed by atoms with Crippen LogP contribution in [0.2, 0.25) is 0 Å². The van der Waals surface area contributed by atoms with Crippen LogP contribution in [0.5, 0.6) is 0 Å². The van der Waals surface area contributed by atoms with E-state index in [0.29, 0.717) is 12.0 Å². The van der Waals surface area contributed by atoms with E-state index in [0.717, 1.165) is 17.7 Å². The third kappa shape index (κ3) is 2.67. The SMILES string of the molecule is NC(=O)[C@@H]1c2ccccc2CCN1C(=O)c1ccc(F)c(F)c1. The van der Waals surface area contributed by atoms with E-state index in [-0.39, 0.29) is 12.1 Å². The van der Waals surface area contributed by atoms with Gasteiger partial charge in [-0.05, 0) is 35.7 Å². The van der Waals surface area contributed by atoms with Gasteiger partial charge in [0.05, 0.1) is 0 Å². The van der Waals surface area contributed by atoms with Crippen LogP contribution in [0.1, 0.15) is 27.5 Å². The highest BCUT2D eigenvalue weighted by atomic mass is 19.2. The summed E-state index contributed by atoms with van der Waals surface area (Å²) in [6.07, 6.45) is 0.565. The lowest BCUT2D eigenvalue weighted by Gasteiger charge is -2.35. The third-order valence-corrected chi connectivity index (χ3v) is 3.98. The Hall–Kier alpha value is -2.76. The number of nitrogens with two attached hydrogens (primary N) is 1. The fraction of sp³-hybridized carbons (Fsp3) is 0.176. The van der Waals surface area contributed by atoms with Crippen LogP contribution in [0.4, 0.5) is 8.78 Å². The quantitative estimate of drug-likeness (QED) is 0.923. The Labute approximate surface area is 131 Å². The van der Waals surface area contributed by atoms with Crippen LogP contribution in [0.25, 0.3) is 0 Å². The van der Waals surface area contributed by atoms with Crippen molar-refractivity contribution < 1.29 is 18.4 Å². The first-order chi connectivity index (χ1) is 11.0. The lowest BCUT2D eigenvalue weighted by molar-refractivity contribution is -0.123. The minimum Gasteiger partial charge on any atom is -0.368 e. The second-order valence-electron chi connectivity index (χ2n) is 5.38. The molecule has 118 valence electrons. The van der Waals surface area contributed by atoms with Crippen LogP contribution < -0.4 is 5.73 Å². The first kappa shape index (κ1) is 15.1. The van der Waals surface area contributed by atoms with E-state index in [2.05, 4.69) is 0 Å². The van der Waals surface area contributed by atoms with Crippen molar-refractivity contribution in [1.29, 1.82) is 0 Å². The predicted octanol–water partition coefficient (Wildman–Crippen LogP) is 2.19. The summed E-state index contributed by atoms with van der Waals surface area (Å²) in [5.41, 5.74) is 7.07.